The van der Waals surface area contributed by atoms with Crippen molar-refractivity contribution in [2.45, 2.75) is 6.54 Å². The monoisotopic (exact) mass is 414 g/mol. The van der Waals surface area contributed by atoms with E-state index in [1.807, 2.05) is 0 Å². The van der Waals surface area contributed by atoms with Crippen molar-refractivity contribution >= 4 is 29.7 Å². The number of nitrogens with one attached hydrogen (secondary N) is 1. The first-order chi connectivity index (χ1) is 14.0. The number of halogens is 1. The zero-order valence-electron chi connectivity index (χ0n) is 15.2. The van der Waals surface area contributed by atoms with Crippen LogP contribution in [0.25, 0.3) is 0 Å². The molecule has 1 aromatic heterocycles. The third-order valence-corrected chi connectivity index (χ3v) is 4.15. The average molecular weight is 415 g/mol. The van der Waals surface area contributed by atoms with Crippen LogP contribution in [-0.2, 0) is 6.54 Å². The Labute approximate surface area is 169 Å². The van der Waals surface area contributed by atoms with Crippen molar-refractivity contribution in [3.05, 3.63) is 80.6 Å². The lowest BCUT2D eigenvalue weighted by Crippen LogP contribution is -2.18. The fourth-order valence-corrected chi connectivity index (χ4v) is 2.71. The van der Waals surface area contributed by atoms with E-state index in [0.29, 0.717) is 27.5 Å². The summed E-state index contributed by atoms with van der Waals surface area (Å²) in [5, 5.41) is 18.8. The van der Waals surface area contributed by atoms with Gasteiger partial charge in [0.1, 0.15) is 5.75 Å². The van der Waals surface area contributed by atoms with Gasteiger partial charge in [0.25, 0.3) is 5.91 Å². The Kier molecular flexibility index (Phi) is 6.15. The summed E-state index contributed by atoms with van der Waals surface area (Å²) in [4.78, 5) is 25.8. The molecular formula is C18H15ClN6O4. The van der Waals surface area contributed by atoms with Crippen molar-refractivity contribution in [2.75, 3.05) is 7.11 Å². The van der Waals surface area contributed by atoms with Crippen molar-refractivity contribution in [1.82, 2.24) is 20.2 Å². The van der Waals surface area contributed by atoms with Crippen molar-refractivity contribution in [1.29, 1.82) is 0 Å². The predicted octanol–water partition coefficient (Wildman–Crippen LogP) is 2.66. The second-order valence-electron chi connectivity index (χ2n) is 5.75. The van der Waals surface area contributed by atoms with Crippen LogP contribution >= 0.6 is 11.6 Å². The predicted molar refractivity (Wildman–Crippen MR) is 105 cm³/mol. The summed E-state index contributed by atoms with van der Waals surface area (Å²) >= 11 is 5.99. The summed E-state index contributed by atoms with van der Waals surface area (Å²) in [7, 11) is 1.51. The van der Waals surface area contributed by atoms with E-state index in [1.165, 1.54) is 24.3 Å². The maximum Gasteiger partial charge on any atom is 0.490 e. The van der Waals surface area contributed by atoms with Gasteiger partial charge in [0.05, 0.1) is 30.5 Å². The molecule has 10 nitrogen and oxygen atoms in total. The normalized spacial score (nSPS) is 10.8. The molecule has 1 heterocycles. The third-order valence-electron chi connectivity index (χ3n) is 3.82. The minimum absolute atomic E-state index is 0.206. The van der Waals surface area contributed by atoms with Crippen LogP contribution in [-0.4, -0.2) is 38.9 Å². The van der Waals surface area contributed by atoms with Crippen molar-refractivity contribution in [3.63, 3.8) is 0 Å². The number of amides is 1. The minimum Gasteiger partial charge on any atom is -0.496 e. The zero-order chi connectivity index (χ0) is 20.8. The van der Waals surface area contributed by atoms with Gasteiger partial charge >= 0.3 is 5.95 Å². The van der Waals surface area contributed by atoms with E-state index in [0.717, 1.165) is 0 Å². The van der Waals surface area contributed by atoms with Gasteiger partial charge in [-0.1, -0.05) is 28.7 Å². The molecule has 1 N–H and O–H groups in total. The maximum atomic E-state index is 12.1. The van der Waals surface area contributed by atoms with Gasteiger partial charge in [-0.05, 0) is 40.8 Å². The van der Waals surface area contributed by atoms with Crippen molar-refractivity contribution in [2.24, 2.45) is 5.10 Å². The highest BCUT2D eigenvalue weighted by atomic mass is 35.5. The van der Waals surface area contributed by atoms with Crippen molar-refractivity contribution in [3.8, 4) is 5.75 Å². The highest BCUT2D eigenvalue weighted by Gasteiger charge is 2.15. The number of hydrogen-bond donors (Lipinski definition) is 1. The van der Waals surface area contributed by atoms with E-state index in [-0.39, 0.29) is 6.54 Å². The van der Waals surface area contributed by atoms with E-state index in [2.05, 4.69) is 20.6 Å². The van der Waals surface area contributed by atoms with Crippen LogP contribution in [0.1, 0.15) is 21.5 Å². The Bertz CT molecular complexity index is 1080. The van der Waals surface area contributed by atoms with Gasteiger partial charge in [-0.25, -0.2) is 5.43 Å². The number of methoxy groups -OCH3 is 1. The molecule has 3 rings (SSSR count). The number of carbonyl (C=O) groups excluding carboxylic acids is 1. The van der Waals surface area contributed by atoms with Gasteiger partial charge < -0.3 is 14.9 Å². The molecule has 0 atom stereocenters. The minimum atomic E-state index is -0.668. The summed E-state index contributed by atoms with van der Waals surface area (Å²) in [5.41, 5.74) is 4.11. The lowest BCUT2D eigenvalue weighted by Gasteiger charge is -2.08. The first-order valence-corrected chi connectivity index (χ1v) is 8.64. The average Bonchev–Trinajstić information content (AvgIpc) is 3.17. The summed E-state index contributed by atoms with van der Waals surface area (Å²) in [6.07, 6.45) is 2.73. The third kappa shape index (κ3) is 4.93. The summed E-state index contributed by atoms with van der Waals surface area (Å²) in [6, 6.07) is 11.9. The second-order valence-corrected chi connectivity index (χ2v) is 6.16. The van der Waals surface area contributed by atoms with Gasteiger partial charge in [0, 0.05) is 10.7 Å². The molecule has 0 bridgehead atoms. The topological polar surface area (TPSA) is 125 Å². The Hall–Kier alpha value is -3.79. The first-order valence-electron chi connectivity index (χ1n) is 8.26. The summed E-state index contributed by atoms with van der Waals surface area (Å²) < 4.78 is 6.65. The second kappa shape index (κ2) is 8.93. The molecule has 29 heavy (non-hydrogen) atoms. The molecule has 2 aromatic carbocycles. The quantitative estimate of drug-likeness (QED) is 0.360. The molecule has 0 saturated heterocycles. The number of hydrazone groups is 1. The molecule has 0 aliphatic rings. The molecule has 0 radical (unpaired) electrons. The Morgan fingerprint density at radius 3 is 2.86 bits per heavy atom. The molecule has 0 unspecified atom stereocenters. The standard InChI is InChI=1S/C18H15ClN6O4/c1-29-16-7-6-12(8-13(16)10-24-11-20-18(23-24)25(27)28)9-21-22-17(26)14-4-2-3-5-15(14)19/h2-9,11H,10H2,1H3,(H,22,26). The lowest BCUT2D eigenvalue weighted by molar-refractivity contribution is -0.394. The number of benzene rings is 2. The molecule has 0 fully saturated rings. The maximum absolute atomic E-state index is 12.1. The molecule has 3 aromatic rings. The van der Waals surface area contributed by atoms with Crippen LogP contribution < -0.4 is 10.2 Å². The van der Waals surface area contributed by atoms with E-state index >= 15 is 0 Å². The Morgan fingerprint density at radius 1 is 1.38 bits per heavy atom. The Balaban J connectivity index is 1.73. The van der Waals surface area contributed by atoms with E-state index in [1.54, 1.807) is 42.5 Å². The number of aromatic nitrogens is 3. The van der Waals surface area contributed by atoms with Gasteiger partial charge in [-0.15, -0.1) is 0 Å². The highest BCUT2D eigenvalue weighted by Crippen LogP contribution is 2.20. The fourth-order valence-electron chi connectivity index (χ4n) is 2.49. The number of nitro groups is 1. The zero-order valence-corrected chi connectivity index (χ0v) is 15.9. The van der Waals surface area contributed by atoms with Gasteiger partial charge in [-0.2, -0.15) is 9.78 Å². The van der Waals surface area contributed by atoms with E-state index in [9.17, 15) is 14.9 Å². The number of nitrogens with zero attached hydrogens (tertiary/aromatic N) is 5. The Morgan fingerprint density at radius 2 is 2.17 bits per heavy atom. The fraction of sp³-hybridized carbons (Fsp3) is 0.111. The SMILES string of the molecule is COc1ccc(C=NNC(=O)c2ccccc2Cl)cc1Cn1cnc([N+](=O)[O-])n1. The lowest BCUT2D eigenvalue weighted by atomic mass is 10.1. The van der Waals surface area contributed by atoms with Crippen LogP contribution in [0, 0.1) is 10.1 Å². The molecule has 0 aliphatic heterocycles. The van der Waals surface area contributed by atoms with E-state index < -0.39 is 16.8 Å². The number of hydrogen-bond acceptors (Lipinski definition) is 7. The molecule has 0 aliphatic carbocycles. The van der Waals surface area contributed by atoms with Crippen LogP contribution in [0.2, 0.25) is 5.02 Å². The largest absolute Gasteiger partial charge is 0.496 e. The summed E-state index contributed by atoms with van der Waals surface area (Å²) in [5.74, 6) is -0.347. The van der Waals surface area contributed by atoms with Crippen molar-refractivity contribution < 1.29 is 14.5 Å². The molecule has 0 spiro atoms. The van der Waals surface area contributed by atoms with Crippen LogP contribution in [0.3, 0.4) is 0 Å². The van der Waals surface area contributed by atoms with Gasteiger partial charge in [0.15, 0.2) is 0 Å². The van der Waals surface area contributed by atoms with Gasteiger partial charge in [0.2, 0.25) is 6.33 Å². The van der Waals surface area contributed by atoms with E-state index in [4.69, 9.17) is 16.3 Å². The molecule has 0 saturated carbocycles. The van der Waals surface area contributed by atoms with Crippen LogP contribution in [0.15, 0.2) is 53.9 Å². The summed E-state index contributed by atoms with van der Waals surface area (Å²) in [6.45, 7) is 0.206. The van der Waals surface area contributed by atoms with Crippen LogP contribution in [0.5, 0.6) is 5.75 Å². The number of ether oxygens (including phenoxy) is 1. The van der Waals surface area contributed by atoms with Gasteiger partial charge in [-0.3, -0.25) is 4.79 Å². The molecule has 11 heteroatoms. The molecular weight excluding hydrogens is 400 g/mol. The molecule has 1 amide bonds. The first kappa shape index (κ1) is 20.0. The number of carbonyl (C=O) groups is 1. The van der Waals surface area contributed by atoms with Crippen LogP contribution in [0.4, 0.5) is 5.95 Å². The molecule has 148 valence electrons. The smallest absolute Gasteiger partial charge is 0.490 e. The highest BCUT2D eigenvalue weighted by molar-refractivity contribution is 6.33. The number of rotatable bonds is 7.